The van der Waals surface area contributed by atoms with Gasteiger partial charge in [0.15, 0.2) is 6.04 Å². The van der Waals surface area contributed by atoms with Crippen molar-refractivity contribution in [3.05, 3.63) is 48.5 Å². The molecule has 0 spiro atoms. The van der Waals surface area contributed by atoms with Gasteiger partial charge < -0.3 is 5.11 Å². The summed E-state index contributed by atoms with van der Waals surface area (Å²) in [5, 5.41) is 22.8. The summed E-state index contributed by atoms with van der Waals surface area (Å²) in [6.07, 6.45) is 0. The summed E-state index contributed by atoms with van der Waals surface area (Å²) in [5.74, 6) is -0.774. The first-order valence-corrected chi connectivity index (χ1v) is 8.87. The number of carbonyl (C=O) groups is 1. The van der Waals surface area contributed by atoms with E-state index in [4.69, 9.17) is 4.55 Å². The molecule has 1 unspecified atom stereocenters. The van der Waals surface area contributed by atoms with E-state index in [0.717, 1.165) is 18.2 Å². The van der Waals surface area contributed by atoms with Gasteiger partial charge in [-0.2, -0.15) is 28.8 Å². The van der Waals surface area contributed by atoms with Gasteiger partial charge in [-0.05, 0) is 37.3 Å². The molecule has 0 fully saturated rings. The third kappa shape index (κ3) is 4.60. The molecule has 2 aromatic carbocycles. The normalized spacial score (nSPS) is 17.1. The summed E-state index contributed by atoms with van der Waals surface area (Å²) in [6.45, 7) is 1.61. The fourth-order valence-corrected chi connectivity index (χ4v) is 2.81. The maximum atomic E-state index is 12.5. The molecule has 3 rings (SSSR count). The number of azo groups is 1. The van der Waals surface area contributed by atoms with Crippen LogP contribution in [0.15, 0.2) is 68.8 Å². The molecule has 0 saturated carbocycles. The van der Waals surface area contributed by atoms with E-state index in [9.17, 15) is 18.3 Å². The van der Waals surface area contributed by atoms with Gasteiger partial charge in [0.25, 0.3) is 16.0 Å². The van der Waals surface area contributed by atoms with Gasteiger partial charge >= 0.3 is 0 Å². The first-order valence-electron chi connectivity index (χ1n) is 7.43. The van der Waals surface area contributed by atoms with Crippen LogP contribution in [0.25, 0.3) is 0 Å². The average molecular weight is 397 g/mol. The second kappa shape index (κ2) is 8.28. The largest absolute Gasteiger partial charge is 0.506 e. The van der Waals surface area contributed by atoms with Crippen LogP contribution < -0.4 is 5.01 Å². The maximum Gasteiger partial charge on any atom is 0.294 e. The Hall–Kier alpha value is -2.11. The summed E-state index contributed by atoms with van der Waals surface area (Å²) in [5.41, 5.74) is 0.776. The molecule has 0 saturated heterocycles. The van der Waals surface area contributed by atoms with Crippen LogP contribution in [0.3, 0.4) is 0 Å². The van der Waals surface area contributed by atoms with E-state index in [0.29, 0.717) is 11.4 Å². The molecule has 0 aromatic heterocycles. The van der Waals surface area contributed by atoms with Crippen molar-refractivity contribution < 1.29 is 22.9 Å². The van der Waals surface area contributed by atoms with Crippen molar-refractivity contribution in [3.63, 3.8) is 0 Å². The van der Waals surface area contributed by atoms with Crippen molar-refractivity contribution in [2.45, 2.75) is 17.9 Å². The number of hydrogen-bond donors (Lipinski definition) is 2. The van der Waals surface area contributed by atoms with E-state index in [1.165, 1.54) is 5.01 Å². The molecule has 1 atom stereocenters. The summed E-state index contributed by atoms with van der Waals surface area (Å²) in [4.78, 5) is 12.1. The Labute approximate surface area is 177 Å². The molecule has 1 aliphatic rings. The minimum atomic E-state index is -4.46. The Morgan fingerprint density at radius 3 is 2.44 bits per heavy atom. The average Bonchev–Trinajstić information content (AvgIpc) is 2.88. The topological polar surface area (TPSA) is 132 Å². The fraction of sp³-hybridized carbons (Fsp3) is 0.125. The number of anilines is 1. The smallest absolute Gasteiger partial charge is 0.294 e. The number of hydrazone groups is 1. The molecular weight excluding hydrogens is 383 g/mol. The molecule has 2 aromatic rings. The number of hydrogen-bond acceptors (Lipinski definition) is 7. The number of para-hydroxylation sites is 1. The van der Waals surface area contributed by atoms with E-state index in [1.54, 1.807) is 31.2 Å². The molecule has 1 radical (unpaired) electrons. The van der Waals surface area contributed by atoms with E-state index < -0.39 is 27.0 Å². The molecule has 1 heterocycles. The van der Waals surface area contributed by atoms with Gasteiger partial charge in [-0.25, -0.2) is 0 Å². The third-order valence-electron chi connectivity index (χ3n) is 3.62. The third-order valence-corrected chi connectivity index (χ3v) is 4.47. The minimum absolute atomic E-state index is 0. The number of amides is 1. The van der Waals surface area contributed by atoms with Crippen LogP contribution >= 0.6 is 0 Å². The molecule has 1 aliphatic heterocycles. The van der Waals surface area contributed by atoms with Crippen LogP contribution in [0.5, 0.6) is 5.75 Å². The number of phenolic OH excluding ortho intramolecular Hbond substituents is 1. The summed E-state index contributed by atoms with van der Waals surface area (Å²) in [7, 11) is -4.46. The van der Waals surface area contributed by atoms with Gasteiger partial charge in [0.1, 0.15) is 11.4 Å². The number of phenols is 1. The molecule has 2 N–H and O–H groups in total. The minimum Gasteiger partial charge on any atom is -0.506 e. The van der Waals surface area contributed by atoms with Crippen molar-refractivity contribution in [3.8, 4) is 5.75 Å². The first kappa shape index (κ1) is 21.2. The number of benzene rings is 2. The molecule has 9 nitrogen and oxygen atoms in total. The van der Waals surface area contributed by atoms with Gasteiger partial charge in [-0.1, -0.05) is 18.2 Å². The summed E-state index contributed by atoms with van der Waals surface area (Å²) < 4.78 is 31.4. The molecule has 0 bridgehead atoms. The Bertz CT molecular complexity index is 1020. The number of nitrogens with zero attached hydrogens (tertiary/aromatic N) is 4. The fourth-order valence-electron chi connectivity index (χ4n) is 2.31. The van der Waals surface area contributed by atoms with E-state index in [1.807, 2.05) is 6.07 Å². The van der Waals surface area contributed by atoms with Crippen LogP contribution in [0.2, 0.25) is 0 Å². The quantitative estimate of drug-likeness (QED) is 0.463. The van der Waals surface area contributed by atoms with Gasteiger partial charge in [0, 0.05) is 29.6 Å². The summed E-state index contributed by atoms with van der Waals surface area (Å²) >= 11 is 0. The van der Waals surface area contributed by atoms with Gasteiger partial charge in [0.05, 0.1) is 16.3 Å². The van der Waals surface area contributed by atoms with Gasteiger partial charge in [0.2, 0.25) is 0 Å². The van der Waals surface area contributed by atoms with Crippen LogP contribution in [-0.4, -0.2) is 65.3 Å². The monoisotopic (exact) mass is 397 g/mol. The molecular formula is C16H14N4NaO5S. The summed E-state index contributed by atoms with van der Waals surface area (Å²) in [6, 6.07) is 10.8. The Morgan fingerprint density at radius 2 is 1.81 bits per heavy atom. The number of carbonyl (C=O) groups excluding carboxylic acids is 1. The van der Waals surface area contributed by atoms with E-state index in [2.05, 4.69) is 15.3 Å². The molecule has 135 valence electrons. The molecule has 27 heavy (non-hydrogen) atoms. The zero-order chi connectivity index (χ0) is 18.9. The Kier molecular flexibility index (Phi) is 6.50. The van der Waals surface area contributed by atoms with Crippen molar-refractivity contribution >= 4 is 62.7 Å². The standard InChI is InChI=1S/C16H14N4O5S.Na/c1-10-15(16(22)20(19-10)11-5-3-2-4-6-11)18-17-13-9-12(26(23,24)25)7-8-14(13)21;/h2-9,15,21H,1H3,(H,23,24,25);. The van der Waals surface area contributed by atoms with Crippen LogP contribution in [-0.2, 0) is 14.9 Å². The van der Waals surface area contributed by atoms with Crippen molar-refractivity contribution in [2.24, 2.45) is 15.3 Å². The van der Waals surface area contributed by atoms with Gasteiger partial charge in [-0.3, -0.25) is 9.35 Å². The maximum absolute atomic E-state index is 12.5. The van der Waals surface area contributed by atoms with Crippen molar-refractivity contribution in [1.82, 2.24) is 0 Å². The predicted octanol–water partition coefficient (Wildman–Crippen LogP) is 2.13. The molecule has 0 aliphatic carbocycles. The second-order valence-electron chi connectivity index (χ2n) is 5.47. The number of rotatable bonds is 4. The Morgan fingerprint density at radius 1 is 1.15 bits per heavy atom. The van der Waals surface area contributed by atoms with Crippen molar-refractivity contribution in [2.75, 3.05) is 5.01 Å². The zero-order valence-electron chi connectivity index (χ0n) is 14.5. The van der Waals surface area contributed by atoms with E-state index >= 15 is 0 Å². The zero-order valence-corrected chi connectivity index (χ0v) is 17.3. The Balaban J connectivity index is 0.00000261. The first-order chi connectivity index (χ1) is 12.3. The molecule has 1 amide bonds. The van der Waals surface area contributed by atoms with Crippen LogP contribution in [0, 0.1) is 0 Å². The van der Waals surface area contributed by atoms with E-state index in [-0.39, 0.29) is 41.0 Å². The van der Waals surface area contributed by atoms with Crippen LogP contribution in [0.1, 0.15) is 6.92 Å². The predicted molar refractivity (Wildman–Crippen MR) is 99.0 cm³/mol. The van der Waals surface area contributed by atoms with Crippen molar-refractivity contribution in [1.29, 1.82) is 0 Å². The number of aromatic hydroxyl groups is 1. The SMILES string of the molecule is CC1=NN(c2ccccc2)C(=O)C1N=Nc1cc(S(=O)(=O)O)ccc1O.[Na]. The van der Waals surface area contributed by atoms with Gasteiger partial charge in [-0.15, -0.1) is 0 Å². The van der Waals surface area contributed by atoms with Crippen LogP contribution in [0.4, 0.5) is 11.4 Å². The second-order valence-corrected chi connectivity index (χ2v) is 6.89. The molecule has 11 heteroatoms.